The molecule has 6 atom stereocenters. The highest BCUT2D eigenvalue weighted by molar-refractivity contribution is 7.90. The molecule has 2 amide bonds. The van der Waals surface area contributed by atoms with Gasteiger partial charge in [0.25, 0.3) is 5.91 Å². The molecule has 0 saturated heterocycles. The van der Waals surface area contributed by atoms with Gasteiger partial charge in [0.2, 0.25) is 15.9 Å². The van der Waals surface area contributed by atoms with E-state index in [1.54, 1.807) is 51.2 Å². The minimum Gasteiger partial charge on any atom is -0.490 e. The van der Waals surface area contributed by atoms with Crippen molar-refractivity contribution in [1.29, 1.82) is 0 Å². The standard InChI is InChI=1S/C37H50ClN3O6S/c1-24-8-6-17-37(46-5,20-34(42)40(3)4)31-13-10-28(31)21-41-22-36(16-7-9-26-18-29(38)12-14-30(26)36)23-47-33-15-11-27(19-32(33)41)35(43)39-48(44,45)25(24)2/h11-12,14-15,18-19,24-25,28,31H,6-10,13,16-17,20-23H2,1-5H3,(H,39,43)/t24-,25+,28-,31+,36-,37-/m0/s1. The molecule has 2 aromatic carbocycles. The fourth-order valence-corrected chi connectivity index (χ4v) is 10.2. The van der Waals surface area contributed by atoms with E-state index in [2.05, 4.69) is 21.8 Å². The molecule has 11 heteroatoms. The van der Waals surface area contributed by atoms with Crippen LogP contribution in [0.25, 0.3) is 0 Å². The van der Waals surface area contributed by atoms with Crippen molar-refractivity contribution in [3.8, 4) is 5.75 Å². The molecule has 262 valence electrons. The number of methoxy groups -OCH3 is 1. The van der Waals surface area contributed by atoms with Crippen LogP contribution in [-0.4, -0.2) is 76.9 Å². The van der Waals surface area contributed by atoms with Gasteiger partial charge in [0.1, 0.15) is 5.75 Å². The smallest absolute Gasteiger partial charge is 0.264 e. The molecule has 1 saturated carbocycles. The van der Waals surface area contributed by atoms with Crippen molar-refractivity contribution in [2.24, 2.45) is 17.8 Å². The summed E-state index contributed by atoms with van der Waals surface area (Å²) in [5.74, 6) is 0.245. The second kappa shape index (κ2) is 13.5. The Labute approximate surface area is 290 Å². The monoisotopic (exact) mass is 699 g/mol. The normalized spacial score (nSPS) is 31.7. The molecular formula is C37H50ClN3O6S. The van der Waals surface area contributed by atoms with Crippen LogP contribution in [0.1, 0.15) is 86.7 Å². The number of carbonyl (C=O) groups excluding carboxylic acids is 2. The quantitative estimate of drug-likeness (QED) is 0.421. The molecule has 0 unspecified atom stereocenters. The summed E-state index contributed by atoms with van der Waals surface area (Å²) in [5, 5.41) is -0.0602. The Morgan fingerprint density at radius 3 is 2.60 bits per heavy atom. The number of rotatable bonds is 3. The van der Waals surface area contributed by atoms with E-state index in [0.29, 0.717) is 44.7 Å². The number of carbonyl (C=O) groups is 2. The molecule has 48 heavy (non-hydrogen) atoms. The SMILES string of the molecule is CO[C@]1(CC(=O)N(C)C)CCC[C@H](C)[C@@H](C)S(=O)(=O)NC(=O)c2ccc3c(c2)N(C[C@@H]2CC[C@H]21)C[C@@]1(CCCc2cc(Cl)ccc21)CO3. The van der Waals surface area contributed by atoms with Crippen LogP contribution >= 0.6 is 11.6 Å². The lowest BCUT2D eigenvalue weighted by Gasteiger charge is -2.52. The Morgan fingerprint density at radius 2 is 1.90 bits per heavy atom. The summed E-state index contributed by atoms with van der Waals surface area (Å²) < 4.78 is 42.3. The van der Waals surface area contributed by atoms with Crippen LogP contribution in [0.3, 0.4) is 0 Å². The Bertz CT molecular complexity index is 1670. The van der Waals surface area contributed by atoms with Gasteiger partial charge in [0.05, 0.1) is 29.6 Å². The van der Waals surface area contributed by atoms with Crippen molar-refractivity contribution in [2.45, 2.75) is 87.9 Å². The maximum atomic E-state index is 13.5. The largest absolute Gasteiger partial charge is 0.490 e. The Morgan fingerprint density at radius 1 is 1.10 bits per heavy atom. The summed E-state index contributed by atoms with van der Waals surface area (Å²) in [6, 6.07) is 11.4. The lowest BCUT2D eigenvalue weighted by atomic mass is 9.61. The summed E-state index contributed by atoms with van der Waals surface area (Å²) in [4.78, 5) is 30.8. The van der Waals surface area contributed by atoms with Crippen LogP contribution in [-0.2, 0) is 31.4 Å². The number of halogens is 1. The van der Waals surface area contributed by atoms with Gasteiger partial charge in [-0.05, 0) is 111 Å². The van der Waals surface area contributed by atoms with Crippen molar-refractivity contribution in [3.63, 3.8) is 0 Å². The summed E-state index contributed by atoms with van der Waals surface area (Å²) >= 11 is 6.45. The molecule has 1 fully saturated rings. The fraction of sp³-hybridized carbons (Fsp3) is 0.622. The first kappa shape index (κ1) is 35.0. The number of benzene rings is 2. The van der Waals surface area contributed by atoms with E-state index in [1.807, 2.05) is 13.0 Å². The average molecular weight is 700 g/mol. The number of hydrogen-bond acceptors (Lipinski definition) is 7. The topological polar surface area (TPSA) is 105 Å². The maximum absolute atomic E-state index is 13.5. The molecule has 2 aromatic rings. The van der Waals surface area contributed by atoms with Gasteiger partial charge >= 0.3 is 0 Å². The second-order valence-corrected chi connectivity index (χ2v) is 17.5. The van der Waals surface area contributed by atoms with Crippen LogP contribution in [0, 0.1) is 17.8 Å². The highest BCUT2D eigenvalue weighted by Crippen LogP contribution is 2.51. The summed E-state index contributed by atoms with van der Waals surface area (Å²) in [5.41, 5.74) is 2.58. The van der Waals surface area contributed by atoms with Gasteiger partial charge in [-0.3, -0.25) is 9.59 Å². The van der Waals surface area contributed by atoms with Gasteiger partial charge in [-0.1, -0.05) is 31.0 Å². The molecule has 6 rings (SSSR count). The number of ether oxygens (including phenoxy) is 2. The molecule has 2 aliphatic carbocycles. The fourth-order valence-electron chi connectivity index (χ4n) is 8.71. The van der Waals surface area contributed by atoms with Crippen LogP contribution in [0.5, 0.6) is 5.75 Å². The van der Waals surface area contributed by atoms with E-state index in [1.165, 1.54) is 11.1 Å². The molecule has 4 aliphatic rings. The van der Waals surface area contributed by atoms with E-state index >= 15 is 0 Å². The lowest BCUT2D eigenvalue weighted by molar-refractivity contribution is -0.151. The van der Waals surface area contributed by atoms with E-state index < -0.39 is 26.8 Å². The summed E-state index contributed by atoms with van der Waals surface area (Å²) in [6.07, 6.45) is 7.12. The van der Waals surface area contributed by atoms with Crippen molar-refractivity contribution in [3.05, 3.63) is 58.1 Å². The van der Waals surface area contributed by atoms with Crippen LogP contribution in [0.2, 0.25) is 5.02 Å². The molecule has 0 radical (unpaired) electrons. The number of hydrogen-bond donors (Lipinski definition) is 1. The number of aryl methyl sites for hydroxylation is 1. The third-order valence-electron chi connectivity index (χ3n) is 12.0. The molecule has 2 aliphatic heterocycles. The molecule has 2 heterocycles. The maximum Gasteiger partial charge on any atom is 0.264 e. The molecule has 0 aromatic heterocycles. The van der Waals surface area contributed by atoms with Gasteiger partial charge in [0.15, 0.2) is 0 Å². The highest BCUT2D eigenvalue weighted by atomic mass is 35.5. The molecular weight excluding hydrogens is 650 g/mol. The molecule has 9 nitrogen and oxygen atoms in total. The van der Waals surface area contributed by atoms with E-state index in [4.69, 9.17) is 21.1 Å². The van der Waals surface area contributed by atoms with Gasteiger partial charge in [0, 0.05) is 50.3 Å². The van der Waals surface area contributed by atoms with Gasteiger partial charge < -0.3 is 19.3 Å². The number of nitrogens with one attached hydrogen (secondary N) is 1. The number of fused-ring (bicyclic) bond motifs is 4. The predicted octanol–water partition coefficient (Wildman–Crippen LogP) is 5.97. The number of anilines is 1. The third kappa shape index (κ3) is 6.56. The van der Waals surface area contributed by atoms with Crippen LogP contribution in [0.4, 0.5) is 5.69 Å². The van der Waals surface area contributed by atoms with Crippen LogP contribution < -0.4 is 14.4 Å². The number of amides is 2. The van der Waals surface area contributed by atoms with Crippen LogP contribution in [0.15, 0.2) is 36.4 Å². The number of sulfonamides is 1. The molecule has 1 spiro atoms. The zero-order chi connectivity index (χ0) is 34.4. The minimum absolute atomic E-state index is 0.0261. The van der Waals surface area contributed by atoms with E-state index in [0.717, 1.165) is 42.8 Å². The lowest BCUT2D eigenvalue weighted by Crippen LogP contribution is -2.55. The van der Waals surface area contributed by atoms with Crippen molar-refractivity contribution >= 4 is 39.1 Å². The Hall–Kier alpha value is -2.82. The van der Waals surface area contributed by atoms with Gasteiger partial charge in [-0.25, -0.2) is 13.1 Å². The van der Waals surface area contributed by atoms with Gasteiger partial charge in [-0.15, -0.1) is 0 Å². The van der Waals surface area contributed by atoms with E-state index in [9.17, 15) is 18.0 Å². The first-order valence-corrected chi connectivity index (χ1v) is 19.3. The number of nitrogens with zero attached hydrogens (tertiary/aromatic N) is 2. The Balaban J connectivity index is 1.45. The van der Waals surface area contributed by atoms with Gasteiger partial charge in [-0.2, -0.15) is 0 Å². The summed E-state index contributed by atoms with van der Waals surface area (Å²) in [6.45, 7) is 5.42. The minimum atomic E-state index is -3.96. The van der Waals surface area contributed by atoms with Crippen molar-refractivity contribution < 1.29 is 27.5 Å². The molecule has 1 N–H and O–H groups in total. The molecule has 2 bridgehead atoms. The average Bonchev–Trinajstić information content (AvgIpc) is 3.18. The Kier molecular flexibility index (Phi) is 9.83. The zero-order valence-electron chi connectivity index (χ0n) is 28.9. The highest BCUT2D eigenvalue weighted by Gasteiger charge is 2.51. The first-order valence-electron chi connectivity index (χ1n) is 17.4. The van der Waals surface area contributed by atoms with Crippen molar-refractivity contribution in [1.82, 2.24) is 9.62 Å². The second-order valence-electron chi connectivity index (χ2n) is 15.0. The third-order valence-corrected chi connectivity index (χ3v) is 14.1. The van der Waals surface area contributed by atoms with Crippen molar-refractivity contribution in [2.75, 3.05) is 45.8 Å². The predicted molar refractivity (Wildman–Crippen MR) is 188 cm³/mol. The summed E-state index contributed by atoms with van der Waals surface area (Å²) in [7, 11) is 1.33. The zero-order valence-corrected chi connectivity index (χ0v) is 30.5. The van der Waals surface area contributed by atoms with E-state index in [-0.39, 0.29) is 41.1 Å². The first-order chi connectivity index (χ1) is 22.8.